The molecular weight excluding hydrogens is 350 g/mol. The Morgan fingerprint density at radius 3 is 2.56 bits per heavy atom. The van der Waals surface area contributed by atoms with Crippen molar-refractivity contribution >= 4 is 29.1 Å². The van der Waals surface area contributed by atoms with Gasteiger partial charge in [0.1, 0.15) is 5.75 Å². The minimum absolute atomic E-state index is 0.0860. The molecule has 2 aromatic rings. The number of hydrogen-bond donors (Lipinski definition) is 1. The fourth-order valence-electron chi connectivity index (χ4n) is 1.77. The molecule has 0 heterocycles. The Kier molecular flexibility index (Phi) is 5.91. The van der Waals surface area contributed by atoms with E-state index in [-0.39, 0.29) is 11.5 Å². The molecule has 0 aliphatic heterocycles. The van der Waals surface area contributed by atoms with Crippen molar-refractivity contribution in [1.29, 1.82) is 0 Å². The molecule has 0 radical (unpaired) electrons. The van der Waals surface area contributed by atoms with E-state index < -0.39 is 17.0 Å². The van der Waals surface area contributed by atoms with E-state index in [9.17, 15) is 14.9 Å². The van der Waals surface area contributed by atoms with E-state index in [4.69, 9.17) is 26.9 Å². The number of nitrogens with zero attached hydrogens (tertiary/aromatic N) is 2. The maximum atomic E-state index is 11.9. The maximum Gasteiger partial charge on any atom is 0.374 e. The molecule has 8 nitrogen and oxygen atoms in total. The number of rotatable bonds is 6. The standard InChI is InChI=1S/C16H14ClN3O5/c1-10(24-14-4-2-3-12(17)9-14)16(21)25-19-15(18)11-5-7-13(8-6-11)20(22)23/h2-10H,1H3,(H2,18,19)/t10-/m0/s1. The minimum Gasteiger partial charge on any atom is -0.479 e. The van der Waals surface area contributed by atoms with Gasteiger partial charge in [0.25, 0.3) is 5.69 Å². The summed E-state index contributed by atoms with van der Waals surface area (Å²) in [5, 5.41) is 14.6. The number of halogens is 1. The predicted molar refractivity (Wildman–Crippen MR) is 91.5 cm³/mol. The molecule has 0 aromatic heterocycles. The molecule has 2 N–H and O–H groups in total. The van der Waals surface area contributed by atoms with Crippen LogP contribution in [0.5, 0.6) is 5.75 Å². The van der Waals surface area contributed by atoms with Gasteiger partial charge < -0.3 is 15.3 Å². The van der Waals surface area contributed by atoms with Crippen molar-refractivity contribution in [3.63, 3.8) is 0 Å². The summed E-state index contributed by atoms with van der Waals surface area (Å²) in [5.74, 6) is -0.452. The monoisotopic (exact) mass is 363 g/mol. The molecule has 25 heavy (non-hydrogen) atoms. The summed E-state index contributed by atoms with van der Waals surface area (Å²) in [7, 11) is 0. The molecule has 130 valence electrons. The highest BCUT2D eigenvalue weighted by atomic mass is 35.5. The lowest BCUT2D eigenvalue weighted by molar-refractivity contribution is -0.384. The van der Waals surface area contributed by atoms with E-state index in [0.29, 0.717) is 16.3 Å². The number of benzene rings is 2. The third-order valence-electron chi connectivity index (χ3n) is 3.05. The molecule has 2 aromatic carbocycles. The molecule has 0 aliphatic rings. The van der Waals surface area contributed by atoms with E-state index >= 15 is 0 Å². The highest BCUT2D eigenvalue weighted by Crippen LogP contribution is 2.18. The third kappa shape index (κ3) is 5.18. The summed E-state index contributed by atoms with van der Waals surface area (Å²) >= 11 is 5.83. The number of ether oxygens (including phenoxy) is 1. The molecule has 0 amide bonds. The molecule has 2 rings (SSSR count). The van der Waals surface area contributed by atoms with Crippen LogP contribution in [0.3, 0.4) is 0 Å². The molecule has 9 heteroatoms. The quantitative estimate of drug-likeness (QED) is 0.277. The number of carbonyl (C=O) groups is 1. The van der Waals surface area contributed by atoms with Crippen molar-refractivity contribution < 1.29 is 19.3 Å². The Hall–Kier alpha value is -3.13. The van der Waals surface area contributed by atoms with Crippen molar-refractivity contribution in [3.8, 4) is 5.75 Å². The second-order valence-corrected chi connectivity index (χ2v) is 5.34. The highest BCUT2D eigenvalue weighted by Gasteiger charge is 2.17. The van der Waals surface area contributed by atoms with Crippen LogP contribution in [0.2, 0.25) is 5.02 Å². The van der Waals surface area contributed by atoms with E-state index in [2.05, 4.69) is 5.16 Å². The first-order valence-corrected chi connectivity index (χ1v) is 7.46. The summed E-state index contributed by atoms with van der Waals surface area (Å²) < 4.78 is 5.39. The van der Waals surface area contributed by atoms with Crippen molar-refractivity contribution in [3.05, 3.63) is 69.2 Å². The van der Waals surface area contributed by atoms with E-state index in [1.54, 1.807) is 24.3 Å². The number of carbonyl (C=O) groups excluding carboxylic acids is 1. The van der Waals surface area contributed by atoms with Crippen molar-refractivity contribution in [2.24, 2.45) is 10.9 Å². The van der Waals surface area contributed by atoms with Crippen LogP contribution in [0.4, 0.5) is 5.69 Å². The van der Waals surface area contributed by atoms with Crippen molar-refractivity contribution in [1.82, 2.24) is 0 Å². The molecule has 0 fully saturated rings. The van der Waals surface area contributed by atoms with Crippen LogP contribution in [0.1, 0.15) is 12.5 Å². The number of amidine groups is 1. The lowest BCUT2D eigenvalue weighted by Gasteiger charge is -2.12. The lowest BCUT2D eigenvalue weighted by atomic mass is 10.2. The lowest BCUT2D eigenvalue weighted by Crippen LogP contribution is -2.26. The molecule has 0 unspecified atom stereocenters. The first kappa shape index (κ1) is 18.2. The third-order valence-corrected chi connectivity index (χ3v) is 3.28. The summed E-state index contributed by atoms with van der Waals surface area (Å²) in [5.41, 5.74) is 5.98. The second kappa shape index (κ2) is 8.11. The summed E-state index contributed by atoms with van der Waals surface area (Å²) in [6.07, 6.45) is -0.938. The molecular formula is C16H14ClN3O5. The SMILES string of the molecule is C[C@H](Oc1cccc(Cl)c1)C(=O)O/N=C(/N)c1ccc([N+](=O)[O-])cc1. The Morgan fingerprint density at radius 1 is 1.28 bits per heavy atom. The number of nitrogens with two attached hydrogens (primary N) is 1. The topological polar surface area (TPSA) is 117 Å². The van der Waals surface area contributed by atoms with Gasteiger partial charge in [0.05, 0.1) is 4.92 Å². The predicted octanol–water partition coefficient (Wildman–Crippen LogP) is 2.88. The second-order valence-electron chi connectivity index (χ2n) is 4.91. The normalized spacial score (nSPS) is 12.3. The van der Waals surface area contributed by atoms with Gasteiger partial charge in [-0.05, 0) is 37.3 Å². The molecule has 0 saturated carbocycles. The van der Waals surface area contributed by atoms with Crippen LogP contribution >= 0.6 is 11.6 Å². The Labute approximate surface area is 147 Å². The smallest absolute Gasteiger partial charge is 0.374 e. The average Bonchev–Trinajstić information content (AvgIpc) is 2.59. The molecule has 0 saturated heterocycles. The van der Waals surface area contributed by atoms with Gasteiger partial charge in [0.2, 0.25) is 0 Å². The number of nitro groups is 1. The van der Waals surface area contributed by atoms with E-state index in [0.717, 1.165) is 0 Å². The van der Waals surface area contributed by atoms with Gasteiger partial charge in [-0.1, -0.05) is 22.8 Å². The minimum atomic E-state index is -0.938. The average molecular weight is 364 g/mol. The number of hydrogen-bond acceptors (Lipinski definition) is 6. The van der Waals surface area contributed by atoms with Crippen LogP contribution in [-0.4, -0.2) is 22.8 Å². The number of non-ortho nitro benzene ring substituents is 1. The first-order chi connectivity index (χ1) is 11.9. The summed E-state index contributed by atoms with van der Waals surface area (Å²) in [6, 6.07) is 11.9. The Bertz CT molecular complexity index is 808. The Morgan fingerprint density at radius 2 is 1.96 bits per heavy atom. The van der Waals surface area contributed by atoms with Gasteiger partial charge in [-0.15, -0.1) is 0 Å². The molecule has 0 bridgehead atoms. The zero-order chi connectivity index (χ0) is 18.4. The van der Waals surface area contributed by atoms with Crippen LogP contribution in [0.25, 0.3) is 0 Å². The summed E-state index contributed by atoms with van der Waals surface area (Å²) in [6.45, 7) is 1.49. The number of oxime groups is 1. The zero-order valence-electron chi connectivity index (χ0n) is 13.1. The van der Waals surface area contributed by atoms with Crippen molar-refractivity contribution in [2.45, 2.75) is 13.0 Å². The van der Waals surface area contributed by atoms with Gasteiger partial charge in [0, 0.05) is 22.7 Å². The van der Waals surface area contributed by atoms with Crippen LogP contribution in [0.15, 0.2) is 53.7 Å². The molecule has 1 atom stereocenters. The largest absolute Gasteiger partial charge is 0.479 e. The molecule has 0 aliphatic carbocycles. The van der Waals surface area contributed by atoms with Crippen molar-refractivity contribution in [2.75, 3.05) is 0 Å². The summed E-state index contributed by atoms with van der Waals surface area (Å²) in [4.78, 5) is 26.7. The molecule has 0 spiro atoms. The van der Waals surface area contributed by atoms with E-state index in [1.807, 2.05) is 0 Å². The van der Waals surface area contributed by atoms with Gasteiger partial charge in [-0.25, -0.2) is 4.79 Å². The van der Waals surface area contributed by atoms with Gasteiger partial charge in [0.15, 0.2) is 11.9 Å². The number of nitro benzene ring substituents is 1. The van der Waals surface area contributed by atoms with Crippen LogP contribution in [-0.2, 0) is 9.63 Å². The van der Waals surface area contributed by atoms with Gasteiger partial charge >= 0.3 is 5.97 Å². The zero-order valence-corrected chi connectivity index (χ0v) is 13.8. The fraction of sp³-hybridized carbons (Fsp3) is 0.125. The van der Waals surface area contributed by atoms with Gasteiger partial charge in [-0.2, -0.15) is 0 Å². The van der Waals surface area contributed by atoms with Crippen LogP contribution in [0, 0.1) is 10.1 Å². The Balaban J connectivity index is 1.97. The van der Waals surface area contributed by atoms with E-state index in [1.165, 1.54) is 31.2 Å². The fourth-order valence-corrected chi connectivity index (χ4v) is 1.95. The highest BCUT2D eigenvalue weighted by molar-refractivity contribution is 6.30. The van der Waals surface area contributed by atoms with Gasteiger partial charge in [-0.3, -0.25) is 10.1 Å². The maximum absolute atomic E-state index is 11.9. The van der Waals surface area contributed by atoms with Crippen LogP contribution < -0.4 is 10.5 Å². The first-order valence-electron chi connectivity index (χ1n) is 7.08.